The average molecular weight is 345 g/mol. The molecule has 1 saturated heterocycles. The van der Waals surface area contributed by atoms with Crippen LogP contribution >= 0.6 is 0 Å². The first-order chi connectivity index (χ1) is 12.1. The van der Waals surface area contributed by atoms with Gasteiger partial charge in [0.05, 0.1) is 14.2 Å². The molecule has 0 spiro atoms. The number of piperidine rings is 1. The Bertz CT molecular complexity index is 693. The van der Waals surface area contributed by atoms with Gasteiger partial charge in [0.25, 0.3) is 0 Å². The minimum absolute atomic E-state index is 0.254. The van der Waals surface area contributed by atoms with Crippen molar-refractivity contribution in [2.24, 2.45) is 13.0 Å². The molecule has 2 aromatic rings. The second-order valence-corrected chi connectivity index (χ2v) is 6.63. The Morgan fingerprint density at radius 2 is 2.00 bits per heavy atom. The van der Waals surface area contributed by atoms with Crippen molar-refractivity contribution in [1.82, 2.24) is 14.5 Å². The Labute approximate surface area is 149 Å². The van der Waals surface area contributed by atoms with Crippen molar-refractivity contribution in [3.05, 3.63) is 42.0 Å². The molecule has 1 aliphatic heterocycles. The van der Waals surface area contributed by atoms with Gasteiger partial charge < -0.3 is 19.1 Å². The molecule has 0 aliphatic carbocycles. The van der Waals surface area contributed by atoms with Crippen LogP contribution in [0, 0.1) is 5.92 Å². The molecular weight excluding hydrogens is 318 g/mol. The van der Waals surface area contributed by atoms with E-state index in [1.54, 1.807) is 20.4 Å². The largest absolute Gasteiger partial charge is 0.497 e. The fraction of sp³-hybridized carbons (Fsp3) is 0.526. The maximum Gasteiger partial charge on any atom is 0.137 e. The highest BCUT2D eigenvalue weighted by atomic mass is 16.5. The Morgan fingerprint density at radius 1 is 1.24 bits per heavy atom. The Morgan fingerprint density at radius 3 is 2.60 bits per heavy atom. The molecule has 0 bridgehead atoms. The number of aliphatic hydroxyl groups excluding tert-OH is 1. The fourth-order valence-corrected chi connectivity index (χ4v) is 3.55. The molecule has 1 aromatic heterocycles. The van der Waals surface area contributed by atoms with Crippen LogP contribution in [0.15, 0.2) is 30.6 Å². The molecule has 136 valence electrons. The number of nitrogens with zero attached hydrogens (tertiary/aromatic N) is 3. The molecule has 0 saturated carbocycles. The Hall–Kier alpha value is -2.05. The summed E-state index contributed by atoms with van der Waals surface area (Å²) in [6.07, 6.45) is 5.04. The molecule has 1 aromatic carbocycles. The molecule has 25 heavy (non-hydrogen) atoms. The van der Waals surface area contributed by atoms with Gasteiger partial charge in [0.2, 0.25) is 0 Å². The third-order valence-electron chi connectivity index (χ3n) is 5.08. The van der Waals surface area contributed by atoms with Crippen LogP contribution in [0.4, 0.5) is 0 Å². The van der Waals surface area contributed by atoms with E-state index in [2.05, 4.69) is 9.88 Å². The zero-order chi connectivity index (χ0) is 17.8. The number of imidazole rings is 1. The number of aliphatic hydroxyl groups is 1. The second kappa shape index (κ2) is 7.89. The van der Waals surface area contributed by atoms with Crippen LogP contribution in [-0.2, 0) is 13.6 Å². The van der Waals surface area contributed by atoms with Crippen molar-refractivity contribution in [3.8, 4) is 11.5 Å². The molecular formula is C19H27N3O3. The van der Waals surface area contributed by atoms with E-state index >= 15 is 0 Å². The maximum atomic E-state index is 10.6. The lowest BCUT2D eigenvalue weighted by molar-refractivity contribution is 0.0490. The van der Waals surface area contributed by atoms with Crippen LogP contribution < -0.4 is 9.47 Å². The highest BCUT2D eigenvalue weighted by molar-refractivity contribution is 5.40. The standard InChI is InChI=1S/C19H27N3O3/c1-21-11-8-20-19(21)18(23)14-6-9-22(10-7-14)13-15-12-16(24-2)4-5-17(15)25-3/h4-5,8,11-12,14,18,23H,6-7,9-10,13H2,1-3H3. The molecule has 1 atom stereocenters. The zero-order valence-electron chi connectivity index (χ0n) is 15.2. The number of ether oxygens (including phenoxy) is 2. The molecule has 1 fully saturated rings. The van der Waals surface area contributed by atoms with Crippen LogP contribution in [0.2, 0.25) is 0 Å². The average Bonchev–Trinajstić information content (AvgIpc) is 3.07. The topological polar surface area (TPSA) is 59.8 Å². The molecule has 0 radical (unpaired) electrons. The highest BCUT2D eigenvalue weighted by Gasteiger charge is 2.28. The SMILES string of the molecule is COc1ccc(OC)c(CN2CCC(C(O)c3nccn3C)CC2)c1. The van der Waals surface area contributed by atoms with E-state index < -0.39 is 6.10 Å². The smallest absolute Gasteiger partial charge is 0.137 e. The number of rotatable bonds is 6. The minimum atomic E-state index is -0.492. The fourth-order valence-electron chi connectivity index (χ4n) is 3.55. The first kappa shape index (κ1) is 17.8. The van der Waals surface area contributed by atoms with E-state index in [0.29, 0.717) is 0 Å². The first-order valence-electron chi connectivity index (χ1n) is 8.71. The molecule has 6 heteroatoms. The van der Waals surface area contributed by atoms with Crippen LogP contribution in [-0.4, -0.2) is 46.9 Å². The van der Waals surface area contributed by atoms with Gasteiger partial charge in [-0.2, -0.15) is 0 Å². The first-order valence-corrected chi connectivity index (χ1v) is 8.71. The van der Waals surface area contributed by atoms with Gasteiger partial charge in [-0.1, -0.05) is 0 Å². The lowest BCUT2D eigenvalue weighted by Crippen LogP contribution is -2.35. The molecule has 6 nitrogen and oxygen atoms in total. The predicted octanol–water partition coefficient (Wildman–Crippen LogP) is 2.38. The van der Waals surface area contributed by atoms with Crippen LogP contribution in [0.25, 0.3) is 0 Å². The van der Waals surface area contributed by atoms with Crippen molar-refractivity contribution in [2.45, 2.75) is 25.5 Å². The Kier molecular flexibility index (Phi) is 5.60. The van der Waals surface area contributed by atoms with E-state index in [9.17, 15) is 5.11 Å². The lowest BCUT2D eigenvalue weighted by atomic mass is 9.90. The number of likely N-dealkylation sites (tertiary alicyclic amines) is 1. The van der Waals surface area contributed by atoms with Crippen LogP contribution in [0.1, 0.15) is 30.3 Å². The number of benzene rings is 1. The summed E-state index contributed by atoms with van der Waals surface area (Å²) in [6, 6.07) is 5.90. The molecule has 2 heterocycles. The Balaban J connectivity index is 1.60. The summed E-state index contributed by atoms with van der Waals surface area (Å²) in [7, 11) is 5.30. The van der Waals surface area contributed by atoms with E-state index in [1.165, 1.54) is 0 Å². The van der Waals surface area contributed by atoms with Crippen LogP contribution in [0.3, 0.4) is 0 Å². The molecule has 0 amide bonds. The van der Waals surface area contributed by atoms with E-state index in [1.807, 2.05) is 36.0 Å². The van der Waals surface area contributed by atoms with Gasteiger partial charge in [-0.15, -0.1) is 0 Å². The molecule has 1 aliphatic rings. The summed E-state index contributed by atoms with van der Waals surface area (Å²) in [5, 5.41) is 10.6. The van der Waals surface area contributed by atoms with Gasteiger partial charge >= 0.3 is 0 Å². The molecule has 1 N–H and O–H groups in total. The van der Waals surface area contributed by atoms with Crippen molar-refractivity contribution < 1.29 is 14.6 Å². The number of hydrogen-bond donors (Lipinski definition) is 1. The summed E-state index contributed by atoms with van der Waals surface area (Å²) in [5.74, 6) is 2.74. The predicted molar refractivity (Wildman–Crippen MR) is 95.7 cm³/mol. The van der Waals surface area contributed by atoms with Crippen molar-refractivity contribution in [3.63, 3.8) is 0 Å². The van der Waals surface area contributed by atoms with Gasteiger partial charge in [-0.25, -0.2) is 4.98 Å². The summed E-state index contributed by atoms with van der Waals surface area (Å²) >= 11 is 0. The van der Waals surface area contributed by atoms with Crippen molar-refractivity contribution in [1.29, 1.82) is 0 Å². The minimum Gasteiger partial charge on any atom is -0.497 e. The van der Waals surface area contributed by atoms with E-state index in [0.717, 1.165) is 55.4 Å². The monoisotopic (exact) mass is 345 g/mol. The summed E-state index contributed by atoms with van der Waals surface area (Å²) in [6.45, 7) is 2.73. The maximum absolute atomic E-state index is 10.6. The highest BCUT2D eigenvalue weighted by Crippen LogP contribution is 2.31. The number of methoxy groups -OCH3 is 2. The van der Waals surface area contributed by atoms with Gasteiger partial charge in [0, 0.05) is 31.5 Å². The summed E-state index contributed by atoms with van der Waals surface area (Å²) < 4.78 is 12.7. The second-order valence-electron chi connectivity index (χ2n) is 6.63. The van der Waals surface area contributed by atoms with Crippen LogP contribution in [0.5, 0.6) is 11.5 Å². The quantitative estimate of drug-likeness (QED) is 0.871. The van der Waals surface area contributed by atoms with Gasteiger partial charge in [0.1, 0.15) is 23.4 Å². The number of hydrogen-bond acceptors (Lipinski definition) is 5. The van der Waals surface area contributed by atoms with E-state index in [4.69, 9.17) is 9.47 Å². The normalized spacial score (nSPS) is 17.4. The molecule has 1 unspecified atom stereocenters. The van der Waals surface area contributed by atoms with Gasteiger partial charge in [-0.05, 0) is 50.0 Å². The third kappa shape index (κ3) is 3.96. The van der Waals surface area contributed by atoms with E-state index in [-0.39, 0.29) is 5.92 Å². The zero-order valence-corrected chi connectivity index (χ0v) is 15.2. The molecule has 3 rings (SSSR count). The lowest BCUT2D eigenvalue weighted by Gasteiger charge is -2.34. The van der Waals surface area contributed by atoms with Crippen molar-refractivity contribution in [2.75, 3.05) is 27.3 Å². The number of aromatic nitrogens is 2. The van der Waals surface area contributed by atoms with Gasteiger partial charge in [-0.3, -0.25) is 4.90 Å². The summed E-state index contributed by atoms with van der Waals surface area (Å²) in [5.41, 5.74) is 1.13. The summed E-state index contributed by atoms with van der Waals surface area (Å²) in [4.78, 5) is 6.69. The van der Waals surface area contributed by atoms with Gasteiger partial charge in [0.15, 0.2) is 0 Å². The van der Waals surface area contributed by atoms with Crippen molar-refractivity contribution >= 4 is 0 Å². The third-order valence-corrected chi connectivity index (χ3v) is 5.08. The number of aryl methyl sites for hydroxylation is 1.